The van der Waals surface area contributed by atoms with Crippen LogP contribution in [0.25, 0.3) is 0 Å². The summed E-state index contributed by atoms with van der Waals surface area (Å²) in [5.74, 6) is -0.316. The van der Waals surface area contributed by atoms with Gasteiger partial charge in [0, 0.05) is 13.5 Å². The molecule has 12 heavy (non-hydrogen) atoms. The van der Waals surface area contributed by atoms with Gasteiger partial charge in [0.2, 0.25) is 5.91 Å². The third-order valence-electron chi connectivity index (χ3n) is 1.23. The second kappa shape index (κ2) is 5.35. The van der Waals surface area contributed by atoms with Crippen molar-refractivity contribution in [3.63, 3.8) is 0 Å². The largest absolute Gasteiger partial charge is 0.449 e. The molecule has 0 spiro atoms. The lowest BCUT2D eigenvalue weighted by molar-refractivity contribution is -0.127. The van der Waals surface area contributed by atoms with E-state index in [0.29, 0.717) is 0 Å². The predicted molar refractivity (Wildman–Crippen MR) is 44.6 cm³/mol. The molecule has 0 radical (unpaired) electrons. The fourth-order valence-electron chi connectivity index (χ4n) is 0.583. The molecule has 0 bridgehead atoms. The molecule has 4 heteroatoms. The van der Waals surface area contributed by atoms with Crippen molar-refractivity contribution in [2.45, 2.75) is 13.3 Å². The zero-order valence-corrected chi connectivity index (χ0v) is 7.37. The lowest BCUT2D eigenvalue weighted by Crippen LogP contribution is -2.33. The van der Waals surface area contributed by atoms with Crippen LogP contribution in [0.15, 0.2) is 12.7 Å². The van der Waals surface area contributed by atoms with Gasteiger partial charge in [0.1, 0.15) is 0 Å². The third-order valence-corrected chi connectivity index (χ3v) is 1.23. The van der Waals surface area contributed by atoms with Crippen LogP contribution in [0.2, 0.25) is 0 Å². The van der Waals surface area contributed by atoms with Crippen LogP contribution in [0.1, 0.15) is 13.3 Å². The summed E-state index contributed by atoms with van der Waals surface area (Å²) in [6.45, 7) is 5.34. The predicted octanol–water partition coefficient (Wildman–Crippen LogP) is 1.18. The Balaban J connectivity index is 3.99. The molecule has 2 amide bonds. The first-order valence-electron chi connectivity index (χ1n) is 3.67. The Morgan fingerprint density at radius 3 is 2.58 bits per heavy atom. The number of hydrogen-bond acceptors (Lipinski definition) is 3. The minimum atomic E-state index is -0.621. The number of imide groups is 1. The van der Waals surface area contributed by atoms with Gasteiger partial charge in [-0.05, 0) is 6.92 Å². The van der Waals surface area contributed by atoms with Crippen molar-refractivity contribution in [1.29, 1.82) is 0 Å². The normalized spacial score (nSPS) is 8.83. The van der Waals surface area contributed by atoms with E-state index in [-0.39, 0.29) is 18.9 Å². The summed E-state index contributed by atoms with van der Waals surface area (Å²) in [4.78, 5) is 22.9. The van der Waals surface area contributed by atoms with Gasteiger partial charge in [0.15, 0.2) is 0 Å². The molecule has 4 nitrogen and oxygen atoms in total. The fraction of sp³-hybridized carbons (Fsp3) is 0.500. The van der Waals surface area contributed by atoms with E-state index in [1.54, 1.807) is 6.92 Å². The molecule has 0 aromatic carbocycles. The van der Waals surface area contributed by atoms with E-state index in [2.05, 4.69) is 11.3 Å². The van der Waals surface area contributed by atoms with Crippen LogP contribution < -0.4 is 0 Å². The van der Waals surface area contributed by atoms with Gasteiger partial charge in [-0.15, -0.1) is 6.58 Å². The van der Waals surface area contributed by atoms with Crippen molar-refractivity contribution in [3.05, 3.63) is 12.7 Å². The quantitative estimate of drug-likeness (QED) is 0.599. The van der Waals surface area contributed by atoms with Crippen molar-refractivity contribution >= 4 is 12.0 Å². The van der Waals surface area contributed by atoms with Crippen molar-refractivity contribution < 1.29 is 14.3 Å². The first kappa shape index (κ1) is 10.7. The molecule has 0 aliphatic rings. The van der Waals surface area contributed by atoms with Gasteiger partial charge in [-0.1, -0.05) is 6.08 Å². The van der Waals surface area contributed by atoms with Crippen LogP contribution in [0, 0.1) is 0 Å². The molecule has 0 aliphatic heterocycles. The average Bonchev–Trinajstić information content (AvgIpc) is 2.04. The molecule has 0 saturated heterocycles. The highest BCUT2D eigenvalue weighted by molar-refractivity contribution is 5.92. The maximum absolute atomic E-state index is 11.0. The highest BCUT2D eigenvalue weighted by Gasteiger charge is 2.15. The number of rotatable bonds is 3. The standard InChI is InChI=1S/C8H13NO3/c1-4-6-7(10)9(3)8(11)12-5-2/h4H,1,5-6H2,2-3H3. The molecule has 0 N–H and O–H groups in total. The SMILES string of the molecule is C=CCC(=O)N(C)C(=O)OCC. The van der Waals surface area contributed by atoms with Crippen molar-refractivity contribution in [2.24, 2.45) is 0 Å². The van der Waals surface area contributed by atoms with Crippen LogP contribution in [0.5, 0.6) is 0 Å². The molecule has 0 aliphatic carbocycles. The zero-order valence-electron chi connectivity index (χ0n) is 7.37. The summed E-state index contributed by atoms with van der Waals surface area (Å²) < 4.78 is 4.60. The summed E-state index contributed by atoms with van der Waals surface area (Å²) in [7, 11) is 1.38. The lowest BCUT2D eigenvalue weighted by Gasteiger charge is -2.12. The molecule has 0 aromatic rings. The fourth-order valence-corrected chi connectivity index (χ4v) is 0.583. The maximum atomic E-state index is 11.0. The van der Waals surface area contributed by atoms with Gasteiger partial charge in [-0.2, -0.15) is 0 Å². The smallest absolute Gasteiger partial charge is 0.416 e. The van der Waals surface area contributed by atoms with Gasteiger partial charge in [-0.25, -0.2) is 4.79 Å². The number of ether oxygens (including phenoxy) is 1. The van der Waals surface area contributed by atoms with E-state index in [4.69, 9.17) is 0 Å². The Morgan fingerprint density at radius 1 is 1.58 bits per heavy atom. The minimum absolute atomic E-state index is 0.148. The van der Waals surface area contributed by atoms with Crippen LogP contribution in [-0.2, 0) is 9.53 Å². The molecule has 0 rings (SSSR count). The van der Waals surface area contributed by atoms with Crippen molar-refractivity contribution in [2.75, 3.05) is 13.7 Å². The van der Waals surface area contributed by atoms with E-state index in [1.165, 1.54) is 13.1 Å². The minimum Gasteiger partial charge on any atom is -0.449 e. The first-order chi connectivity index (χ1) is 5.63. The molecule has 0 saturated carbocycles. The molecule has 0 atom stereocenters. The molecule has 0 unspecified atom stereocenters. The summed E-state index contributed by atoms with van der Waals surface area (Å²) in [6.07, 6.45) is 0.970. The Labute approximate surface area is 71.8 Å². The van der Waals surface area contributed by atoms with Crippen LogP contribution >= 0.6 is 0 Å². The van der Waals surface area contributed by atoms with E-state index >= 15 is 0 Å². The lowest BCUT2D eigenvalue weighted by atomic mass is 10.4. The average molecular weight is 171 g/mol. The summed E-state index contributed by atoms with van der Waals surface area (Å²) in [6, 6.07) is 0. The van der Waals surface area contributed by atoms with Crippen LogP contribution in [-0.4, -0.2) is 30.6 Å². The highest BCUT2D eigenvalue weighted by Crippen LogP contribution is 1.94. The topological polar surface area (TPSA) is 46.6 Å². The number of amides is 2. The molecule has 68 valence electrons. The Morgan fingerprint density at radius 2 is 2.17 bits per heavy atom. The molecule has 0 aromatic heterocycles. The zero-order chi connectivity index (χ0) is 9.56. The number of carbonyl (C=O) groups is 2. The number of hydrogen-bond donors (Lipinski definition) is 0. The van der Waals surface area contributed by atoms with E-state index in [1.807, 2.05) is 0 Å². The van der Waals surface area contributed by atoms with Gasteiger partial charge >= 0.3 is 6.09 Å². The molecular formula is C8H13NO3. The Kier molecular flexibility index (Phi) is 4.76. The van der Waals surface area contributed by atoms with E-state index in [0.717, 1.165) is 4.90 Å². The van der Waals surface area contributed by atoms with Crippen LogP contribution in [0.4, 0.5) is 4.79 Å². The Hall–Kier alpha value is -1.32. The van der Waals surface area contributed by atoms with Gasteiger partial charge in [0.25, 0.3) is 0 Å². The van der Waals surface area contributed by atoms with Gasteiger partial charge in [-0.3, -0.25) is 9.69 Å². The summed E-state index contributed by atoms with van der Waals surface area (Å²) in [5.41, 5.74) is 0. The summed E-state index contributed by atoms with van der Waals surface area (Å²) >= 11 is 0. The van der Waals surface area contributed by atoms with Crippen molar-refractivity contribution in [1.82, 2.24) is 4.90 Å². The molecule has 0 fully saturated rings. The molecular weight excluding hydrogens is 158 g/mol. The Bertz CT molecular complexity index is 189. The third kappa shape index (κ3) is 3.18. The van der Waals surface area contributed by atoms with E-state index < -0.39 is 6.09 Å². The maximum Gasteiger partial charge on any atom is 0.416 e. The second-order valence-corrected chi connectivity index (χ2v) is 2.14. The first-order valence-corrected chi connectivity index (χ1v) is 3.67. The number of nitrogens with zero attached hydrogens (tertiary/aromatic N) is 1. The molecule has 0 heterocycles. The number of carbonyl (C=O) groups excluding carboxylic acids is 2. The van der Waals surface area contributed by atoms with Crippen molar-refractivity contribution in [3.8, 4) is 0 Å². The highest BCUT2D eigenvalue weighted by atomic mass is 16.6. The second-order valence-electron chi connectivity index (χ2n) is 2.14. The van der Waals surface area contributed by atoms with E-state index in [9.17, 15) is 9.59 Å². The van der Waals surface area contributed by atoms with Gasteiger partial charge in [0.05, 0.1) is 6.61 Å². The van der Waals surface area contributed by atoms with Crippen LogP contribution in [0.3, 0.4) is 0 Å². The summed E-state index contributed by atoms with van der Waals surface area (Å²) in [5, 5.41) is 0. The van der Waals surface area contributed by atoms with Gasteiger partial charge < -0.3 is 4.74 Å². The monoisotopic (exact) mass is 171 g/mol.